The normalized spacial score (nSPS) is 19.7. The van der Waals surface area contributed by atoms with Crippen LogP contribution in [-0.4, -0.2) is 11.5 Å². The fraction of sp³-hybridized carbons (Fsp3) is 0.706. The predicted octanol–water partition coefficient (Wildman–Crippen LogP) is 4.40. The summed E-state index contributed by atoms with van der Waals surface area (Å²) in [7, 11) is 0. The lowest BCUT2D eigenvalue weighted by atomic mass is 9.83. The van der Waals surface area contributed by atoms with Crippen LogP contribution in [0, 0.1) is 12.8 Å². The molecule has 1 aromatic heterocycles. The van der Waals surface area contributed by atoms with Gasteiger partial charge in [-0.3, -0.25) is 4.98 Å². The van der Waals surface area contributed by atoms with E-state index < -0.39 is 0 Å². The Bertz CT molecular complexity index is 367. The highest BCUT2D eigenvalue weighted by Gasteiger charge is 2.23. The average molecular weight is 260 g/mol. The number of hydrogen-bond acceptors (Lipinski definition) is 2. The van der Waals surface area contributed by atoms with Crippen molar-refractivity contribution in [3.63, 3.8) is 0 Å². The highest BCUT2D eigenvalue weighted by Crippen LogP contribution is 2.32. The first-order valence-electron chi connectivity index (χ1n) is 7.96. The molecule has 1 saturated carbocycles. The van der Waals surface area contributed by atoms with Crippen molar-refractivity contribution in [1.82, 2.24) is 10.3 Å². The molecule has 1 atom stereocenters. The molecule has 0 radical (unpaired) electrons. The van der Waals surface area contributed by atoms with Gasteiger partial charge >= 0.3 is 0 Å². The molecule has 1 fully saturated rings. The molecule has 1 N–H and O–H groups in total. The number of nitrogens with zero attached hydrogens (tertiary/aromatic N) is 1. The summed E-state index contributed by atoms with van der Waals surface area (Å²) in [4.78, 5) is 4.38. The van der Waals surface area contributed by atoms with Gasteiger partial charge in [-0.05, 0) is 43.4 Å². The van der Waals surface area contributed by atoms with Crippen LogP contribution >= 0.6 is 0 Å². The standard InChI is InChI=1S/C17H28N2/c1-3-19-17(16-11-14(2)12-18-13-16)15-9-7-5-4-6-8-10-15/h11-13,15,17,19H,3-10H2,1-2H3. The van der Waals surface area contributed by atoms with E-state index in [9.17, 15) is 0 Å². The van der Waals surface area contributed by atoms with Crippen LogP contribution in [0.5, 0.6) is 0 Å². The summed E-state index contributed by atoms with van der Waals surface area (Å²) >= 11 is 0. The second-order valence-corrected chi connectivity index (χ2v) is 5.94. The molecular weight excluding hydrogens is 232 g/mol. The third-order valence-electron chi connectivity index (χ3n) is 4.30. The molecule has 2 rings (SSSR count). The van der Waals surface area contributed by atoms with E-state index in [1.165, 1.54) is 56.1 Å². The molecule has 0 aliphatic heterocycles. The molecule has 106 valence electrons. The summed E-state index contributed by atoms with van der Waals surface area (Å²) in [5.74, 6) is 0.781. The maximum Gasteiger partial charge on any atom is 0.0363 e. The minimum atomic E-state index is 0.496. The van der Waals surface area contributed by atoms with Gasteiger partial charge in [0.15, 0.2) is 0 Å². The minimum Gasteiger partial charge on any atom is -0.310 e. The van der Waals surface area contributed by atoms with Gasteiger partial charge in [0, 0.05) is 18.4 Å². The van der Waals surface area contributed by atoms with Gasteiger partial charge in [-0.2, -0.15) is 0 Å². The van der Waals surface area contributed by atoms with E-state index in [4.69, 9.17) is 0 Å². The van der Waals surface area contributed by atoms with Crippen molar-refractivity contribution in [2.24, 2.45) is 5.92 Å². The smallest absolute Gasteiger partial charge is 0.0363 e. The van der Waals surface area contributed by atoms with Gasteiger partial charge in [0.25, 0.3) is 0 Å². The highest BCUT2D eigenvalue weighted by molar-refractivity contribution is 5.21. The van der Waals surface area contributed by atoms with Gasteiger partial charge < -0.3 is 5.32 Å². The monoisotopic (exact) mass is 260 g/mol. The highest BCUT2D eigenvalue weighted by atomic mass is 14.9. The summed E-state index contributed by atoms with van der Waals surface area (Å²) < 4.78 is 0. The summed E-state index contributed by atoms with van der Waals surface area (Å²) in [6.07, 6.45) is 13.8. The molecule has 2 nitrogen and oxygen atoms in total. The number of rotatable bonds is 4. The molecule has 19 heavy (non-hydrogen) atoms. The molecule has 1 heterocycles. The molecule has 0 amide bonds. The Kier molecular flexibility index (Phi) is 5.84. The fourth-order valence-corrected chi connectivity index (χ4v) is 3.35. The van der Waals surface area contributed by atoms with Crippen molar-refractivity contribution in [1.29, 1.82) is 0 Å². The van der Waals surface area contributed by atoms with Crippen molar-refractivity contribution >= 4 is 0 Å². The number of aromatic nitrogens is 1. The van der Waals surface area contributed by atoms with Gasteiger partial charge in [0.2, 0.25) is 0 Å². The molecule has 1 aromatic rings. The van der Waals surface area contributed by atoms with Crippen LogP contribution in [0.3, 0.4) is 0 Å². The number of hydrogen-bond donors (Lipinski definition) is 1. The van der Waals surface area contributed by atoms with Crippen molar-refractivity contribution < 1.29 is 0 Å². The van der Waals surface area contributed by atoms with Crippen molar-refractivity contribution in [3.8, 4) is 0 Å². The molecule has 0 bridgehead atoms. The van der Waals surface area contributed by atoms with Gasteiger partial charge in [0.05, 0.1) is 0 Å². The zero-order chi connectivity index (χ0) is 13.5. The molecule has 1 aliphatic carbocycles. The Morgan fingerprint density at radius 1 is 1.16 bits per heavy atom. The van der Waals surface area contributed by atoms with E-state index in [0.29, 0.717) is 6.04 Å². The minimum absolute atomic E-state index is 0.496. The number of nitrogens with one attached hydrogen (secondary N) is 1. The average Bonchev–Trinajstić information content (AvgIpc) is 2.36. The Balaban J connectivity index is 2.13. The van der Waals surface area contributed by atoms with Crippen LogP contribution in [-0.2, 0) is 0 Å². The summed E-state index contributed by atoms with van der Waals surface area (Å²) in [5.41, 5.74) is 2.65. The number of pyridine rings is 1. The summed E-state index contributed by atoms with van der Waals surface area (Å²) in [6, 6.07) is 2.80. The van der Waals surface area contributed by atoms with Crippen LogP contribution < -0.4 is 5.32 Å². The second kappa shape index (κ2) is 7.64. The van der Waals surface area contributed by atoms with Gasteiger partial charge in [-0.25, -0.2) is 0 Å². The fourth-order valence-electron chi connectivity index (χ4n) is 3.35. The molecule has 0 aromatic carbocycles. The van der Waals surface area contributed by atoms with E-state index in [2.05, 4.69) is 36.4 Å². The van der Waals surface area contributed by atoms with Crippen molar-refractivity contribution in [3.05, 3.63) is 29.6 Å². The van der Waals surface area contributed by atoms with E-state index in [0.717, 1.165) is 12.5 Å². The Labute approximate surface area is 118 Å². The second-order valence-electron chi connectivity index (χ2n) is 5.94. The van der Waals surface area contributed by atoms with Crippen LogP contribution in [0.4, 0.5) is 0 Å². The predicted molar refractivity (Wildman–Crippen MR) is 81.2 cm³/mol. The lowest BCUT2D eigenvalue weighted by molar-refractivity contribution is 0.291. The summed E-state index contributed by atoms with van der Waals surface area (Å²) in [6.45, 7) is 5.38. The Morgan fingerprint density at radius 3 is 2.47 bits per heavy atom. The van der Waals surface area contributed by atoms with Crippen LogP contribution in [0.1, 0.15) is 69.0 Å². The topological polar surface area (TPSA) is 24.9 Å². The zero-order valence-electron chi connectivity index (χ0n) is 12.5. The van der Waals surface area contributed by atoms with Crippen LogP contribution in [0.2, 0.25) is 0 Å². The van der Waals surface area contributed by atoms with Crippen molar-refractivity contribution in [2.45, 2.75) is 64.8 Å². The molecule has 0 spiro atoms. The SMILES string of the molecule is CCNC(c1cncc(C)c1)C1CCCCCCC1. The first-order valence-corrected chi connectivity index (χ1v) is 7.96. The zero-order valence-corrected chi connectivity index (χ0v) is 12.5. The van der Waals surface area contributed by atoms with Gasteiger partial charge in [0.1, 0.15) is 0 Å². The third kappa shape index (κ3) is 4.31. The third-order valence-corrected chi connectivity index (χ3v) is 4.30. The lowest BCUT2D eigenvalue weighted by Gasteiger charge is -2.29. The maximum absolute atomic E-state index is 4.38. The summed E-state index contributed by atoms with van der Waals surface area (Å²) in [5, 5.41) is 3.70. The number of aryl methyl sites for hydroxylation is 1. The van der Waals surface area contributed by atoms with E-state index >= 15 is 0 Å². The first-order chi connectivity index (χ1) is 9.31. The molecular formula is C17H28N2. The van der Waals surface area contributed by atoms with Crippen molar-refractivity contribution in [2.75, 3.05) is 6.54 Å². The maximum atomic E-state index is 4.38. The van der Waals surface area contributed by atoms with E-state index in [1.807, 2.05) is 6.20 Å². The molecule has 0 saturated heterocycles. The molecule has 2 heteroatoms. The van der Waals surface area contributed by atoms with Gasteiger partial charge in [-0.1, -0.05) is 45.1 Å². The van der Waals surface area contributed by atoms with Gasteiger partial charge in [-0.15, -0.1) is 0 Å². The van der Waals surface area contributed by atoms with E-state index in [-0.39, 0.29) is 0 Å². The Hall–Kier alpha value is -0.890. The largest absolute Gasteiger partial charge is 0.310 e. The molecule has 1 aliphatic rings. The quantitative estimate of drug-likeness (QED) is 0.868. The molecule has 1 unspecified atom stereocenters. The van der Waals surface area contributed by atoms with Crippen LogP contribution in [0.15, 0.2) is 18.5 Å². The lowest BCUT2D eigenvalue weighted by Crippen LogP contribution is -2.29. The van der Waals surface area contributed by atoms with E-state index in [1.54, 1.807) is 0 Å². The Morgan fingerprint density at radius 2 is 1.84 bits per heavy atom. The first kappa shape index (κ1) is 14.5. The van der Waals surface area contributed by atoms with Crippen LogP contribution in [0.25, 0.3) is 0 Å².